The Balaban J connectivity index is 1.28. The van der Waals surface area contributed by atoms with E-state index in [9.17, 15) is 4.79 Å². The lowest BCUT2D eigenvalue weighted by Crippen LogP contribution is -2.49. The van der Waals surface area contributed by atoms with Crippen molar-refractivity contribution < 1.29 is 13.9 Å². The van der Waals surface area contributed by atoms with Gasteiger partial charge in [-0.25, -0.2) is 0 Å². The molecular formula is C26H29N3O3. The number of para-hydroxylation sites is 3. The topological polar surface area (TPSA) is 49.2 Å². The van der Waals surface area contributed by atoms with Crippen molar-refractivity contribution in [2.45, 2.75) is 25.9 Å². The molecule has 2 aromatic carbocycles. The minimum absolute atomic E-state index is 0.0496. The van der Waals surface area contributed by atoms with E-state index in [1.807, 2.05) is 29.2 Å². The molecule has 0 saturated carbocycles. The summed E-state index contributed by atoms with van der Waals surface area (Å²) < 4.78 is 11.3. The maximum Gasteiger partial charge on any atom is 0.257 e. The Hall–Kier alpha value is -3.41. The van der Waals surface area contributed by atoms with E-state index in [2.05, 4.69) is 47.1 Å². The van der Waals surface area contributed by atoms with Crippen LogP contribution in [0, 0.1) is 0 Å². The molecule has 0 bridgehead atoms. The van der Waals surface area contributed by atoms with Gasteiger partial charge in [0.1, 0.15) is 11.5 Å². The predicted octanol–water partition coefficient (Wildman–Crippen LogP) is 4.20. The van der Waals surface area contributed by atoms with Crippen molar-refractivity contribution in [3.63, 3.8) is 0 Å². The highest BCUT2D eigenvalue weighted by Crippen LogP contribution is 2.34. The number of amides is 1. The molecule has 0 radical (unpaired) electrons. The Labute approximate surface area is 189 Å². The SMILES string of the molecule is COc1ccccc1N1CCN(C(=O)c2ccoc2CN2c3ccccc3CC2C)CC1. The van der Waals surface area contributed by atoms with E-state index in [1.54, 1.807) is 13.4 Å². The number of hydrogen-bond acceptors (Lipinski definition) is 5. The number of rotatable bonds is 5. The molecule has 5 rings (SSSR count). The first-order valence-corrected chi connectivity index (χ1v) is 11.2. The van der Waals surface area contributed by atoms with Gasteiger partial charge in [0.25, 0.3) is 5.91 Å². The number of methoxy groups -OCH3 is 1. The zero-order valence-corrected chi connectivity index (χ0v) is 18.7. The second kappa shape index (κ2) is 8.61. The van der Waals surface area contributed by atoms with Crippen LogP contribution in [0.25, 0.3) is 0 Å². The lowest BCUT2D eigenvalue weighted by atomic mass is 10.1. The third-order valence-corrected chi connectivity index (χ3v) is 6.63. The predicted molar refractivity (Wildman–Crippen MR) is 126 cm³/mol. The van der Waals surface area contributed by atoms with Crippen LogP contribution in [0.15, 0.2) is 65.3 Å². The maximum absolute atomic E-state index is 13.4. The van der Waals surface area contributed by atoms with Crippen molar-refractivity contribution in [3.05, 3.63) is 77.7 Å². The molecule has 1 saturated heterocycles. The summed E-state index contributed by atoms with van der Waals surface area (Å²) in [5, 5.41) is 0. The van der Waals surface area contributed by atoms with E-state index in [1.165, 1.54) is 11.3 Å². The quantitative estimate of drug-likeness (QED) is 0.606. The summed E-state index contributed by atoms with van der Waals surface area (Å²) in [6.45, 7) is 5.72. The second-order valence-electron chi connectivity index (χ2n) is 8.52. The molecule has 32 heavy (non-hydrogen) atoms. The van der Waals surface area contributed by atoms with Crippen LogP contribution >= 0.6 is 0 Å². The van der Waals surface area contributed by atoms with Crippen molar-refractivity contribution in [3.8, 4) is 5.75 Å². The monoisotopic (exact) mass is 431 g/mol. The van der Waals surface area contributed by atoms with Crippen molar-refractivity contribution in [2.75, 3.05) is 43.1 Å². The lowest BCUT2D eigenvalue weighted by molar-refractivity contribution is 0.0744. The molecule has 3 aromatic rings. The van der Waals surface area contributed by atoms with Crippen LogP contribution in [0.3, 0.4) is 0 Å². The summed E-state index contributed by atoms with van der Waals surface area (Å²) in [6.07, 6.45) is 2.66. The van der Waals surface area contributed by atoms with Gasteiger partial charge in [-0.05, 0) is 43.2 Å². The highest BCUT2D eigenvalue weighted by molar-refractivity contribution is 5.95. The van der Waals surface area contributed by atoms with Gasteiger partial charge < -0.3 is 23.9 Å². The van der Waals surface area contributed by atoms with Gasteiger partial charge >= 0.3 is 0 Å². The van der Waals surface area contributed by atoms with Gasteiger partial charge in [-0.2, -0.15) is 0 Å². The fourth-order valence-corrected chi connectivity index (χ4v) is 4.89. The lowest BCUT2D eigenvalue weighted by Gasteiger charge is -2.36. The number of piperazine rings is 1. The minimum Gasteiger partial charge on any atom is -0.495 e. The molecule has 166 valence electrons. The van der Waals surface area contributed by atoms with Gasteiger partial charge in [-0.3, -0.25) is 4.79 Å². The molecule has 1 unspecified atom stereocenters. The van der Waals surface area contributed by atoms with Crippen LogP contribution in [0.1, 0.15) is 28.6 Å². The Morgan fingerprint density at radius 3 is 2.50 bits per heavy atom. The highest BCUT2D eigenvalue weighted by atomic mass is 16.5. The molecule has 3 heterocycles. The first-order chi connectivity index (χ1) is 15.7. The smallest absolute Gasteiger partial charge is 0.257 e. The van der Waals surface area contributed by atoms with E-state index < -0.39 is 0 Å². The molecule has 0 aliphatic carbocycles. The van der Waals surface area contributed by atoms with Crippen LogP contribution in [0.4, 0.5) is 11.4 Å². The molecule has 1 amide bonds. The number of anilines is 2. The van der Waals surface area contributed by atoms with Crippen LogP contribution in [0.5, 0.6) is 5.75 Å². The number of ether oxygens (including phenoxy) is 1. The summed E-state index contributed by atoms with van der Waals surface area (Å²) >= 11 is 0. The number of furan rings is 1. The van der Waals surface area contributed by atoms with Gasteiger partial charge in [0.05, 0.1) is 31.2 Å². The molecule has 1 atom stereocenters. The van der Waals surface area contributed by atoms with Crippen LogP contribution in [-0.4, -0.2) is 50.1 Å². The first-order valence-electron chi connectivity index (χ1n) is 11.2. The van der Waals surface area contributed by atoms with E-state index in [0.717, 1.165) is 36.7 Å². The number of benzene rings is 2. The van der Waals surface area contributed by atoms with Crippen LogP contribution < -0.4 is 14.5 Å². The molecule has 0 N–H and O–H groups in total. The Bertz CT molecular complexity index is 1100. The van der Waals surface area contributed by atoms with Crippen LogP contribution in [0.2, 0.25) is 0 Å². The Morgan fingerprint density at radius 2 is 1.72 bits per heavy atom. The molecule has 2 aliphatic rings. The van der Waals surface area contributed by atoms with Gasteiger partial charge in [-0.1, -0.05) is 30.3 Å². The summed E-state index contributed by atoms with van der Waals surface area (Å²) in [5.74, 6) is 1.66. The summed E-state index contributed by atoms with van der Waals surface area (Å²) in [4.78, 5) is 19.9. The Kier molecular flexibility index (Phi) is 5.52. The number of nitrogens with zero attached hydrogens (tertiary/aromatic N) is 3. The third-order valence-electron chi connectivity index (χ3n) is 6.63. The highest BCUT2D eigenvalue weighted by Gasteiger charge is 2.30. The minimum atomic E-state index is 0.0496. The zero-order valence-electron chi connectivity index (χ0n) is 18.7. The van der Waals surface area contributed by atoms with E-state index in [4.69, 9.17) is 9.15 Å². The van der Waals surface area contributed by atoms with Gasteiger partial charge in [-0.15, -0.1) is 0 Å². The zero-order chi connectivity index (χ0) is 22.1. The number of fused-ring (bicyclic) bond motifs is 1. The van der Waals surface area contributed by atoms with Gasteiger partial charge in [0, 0.05) is 37.9 Å². The number of carbonyl (C=O) groups excluding carboxylic acids is 1. The number of carbonyl (C=O) groups is 1. The molecular weight excluding hydrogens is 402 g/mol. The molecule has 1 aromatic heterocycles. The largest absolute Gasteiger partial charge is 0.495 e. The average molecular weight is 432 g/mol. The Morgan fingerprint density at radius 1 is 1.00 bits per heavy atom. The van der Waals surface area contributed by atoms with E-state index >= 15 is 0 Å². The standard InChI is InChI=1S/C26H29N3O3/c1-19-17-20-7-3-4-8-22(20)29(19)18-25-21(11-16-32-25)26(30)28-14-12-27(13-15-28)23-9-5-6-10-24(23)31-2/h3-11,16,19H,12-15,17-18H2,1-2H3. The van der Waals surface area contributed by atoms with Crippen molar-refractivity contribution in [2.24, 2.45) is 0 Å². The van der Waals surface area contributed by atoms with Crippen LogP contribution in [-0.2, 0) is 13.0 Å². The van der Waals surface area contributed by atoms with E-state index in [-0.39, 0.29) is 5.91 Å². The third kappa shape index (κ3) is 3.70. The first kappa shape index (κ1) is 20.5. The molecule has 0 spiro atoms. The molecule has 1 fully saturated rings. The fourth-order valence-electron chi connectivity index (χ4n) is 4.89. The summed E-state index contributed by atoms with van der Waals surface area (Å²) in [7, 11) is 1.69. The summed E-state index contributed by atoms with van der Waals surface area (Å²) in [6, 6.07) is 18.7. The average Bonchev–Trinajstić information content (AvgIpc) is 3.43. The molecule has 6 nitrogen and oxygen atoms in total. The number of hydrogen-bond donors (Lipinski definition) is 0. The van der Waals surface area contributed by atoms with E-state index in [0.29, 0.717) is 31.2 Å². The van der Waals surface area contributed by atoms with Gasteiger partial charge in [0.15, 0.2) is 0 Å². The summed E-state index contributed by atoms with van der Waals surface area (Å²) in [5.41, 5.74) is 4.34. The normalized spacial score (nSPS) is 18.1. The van der Waals surface area contributed by atoms with Crippen molar-refractivity contribution in [1.29, 1.82) is 0 Å². The van der Waals surface area contributed by atoms with Crippen molar-refractivity contribution in [1.82, 2.24) is 4.90 Å². The van der Waals surface area contributed by atoms with Gasteiger partial charge in [0.2, 0.25) is 0 Å². The molecule has 6 heteroatoms. The fraction of sp³-hybridized carbons (Fsp3) is 0.346. The maximum atomic E-state index is 13.4. The van der Waals surface area contributed by atoms with Crippen molar-refractivity contribution >= 4 is 17.3 Å². The molecule has 2 aliphatic heterocycles. The second-order valence-corrected chi connectivity index (χ2v) is 8.52.